The van der Waals surface area contributed by atoms with Crippen LogP contribution in [-0.4, -0.2) is 20.7 Å². The summed E-state index contributed by atoms with van der Waals surface area (Å²) in [6.07, 6.45) is 0. The Hall–Kier alpha value is -1.09. The van der Waals surface area contributed by atoms with E-state index in [0.29, 0.717) is 17.6 Å². The Kier molecular flexibility index (Phi) is 4.74. The van der Waals surface area contributed by atoms with E-state index in [1.165, 1.54) is 7.11 Å². The van der Waals surface area contributed by atoms with Crippen LogP contribution >= 0.6 is 0 Å². The molecule has 0 aliphatic heterocycles. The Morgan fingerprint density at radius 1 is 1.38 bits per heavy atom. The van der Waals surface area contributed by atoms with E-state index in [4.69, 9.17) is 4.74 Å². The fourth-order valence-corrected chi connectivity index (χ4v) is 1.79. The molecule has 0 saturated heterocycles. The standard InChI is InChI=1S/C13H20FNO/c1-9(8-15-3)10(2)11-5-6-13(16-4)12(14)7-11/h5-7,9-10,15H,8H2,1-4H3. The van der Waals surface area contributed by atoms with Gasteiger partial charge in [0, 0.05) is 0 Å². The van der Waals surface area contributed by atoms with Crippen molar-refractivity contribution in [2.75, 3.05) is 20.7 Å². The zero-order chi connectivity index (χ0) is 12.1. The van der Waals surface area contributed by atoms with Crippen molar-refractivity contribution in [3.05, 3.63) is 29.6 Å². The molecule has 3 heteroatoms. The first kappa shape index (κ1) is 13.0. The van der Waals surface area contributed by atoms with Gasteiger partial charge in [-0.1, -0.05) is 19.9 Å². The molecule has 0 amide bonds. The second-order valence-corrected chi connectivity index (χ2v) is 4.22. The molecule has 2 unspecified atom stereocenters. The summed E-state index contributed by atoms with van der Waals surface area (Å²) in [5.41, 5.74) is 1.01. The van der Waals surface area contributed by atoms with Gasteiger partial charge in [0.25, 0.3) is 0 Å². The lowest BCUT2D eigenvalue weighted by atomic mass is 9.89. The highest BCUT2D eigenvalue weighted by Crippen LogP contribution is 2.27. The molecule has 0 aromatic heterocycles. The Bertz CT molecular complexity index is 341. The summed E-state index contributed by atoms with van der Waals surface area (Å²) in [4.78, 5) is 0. The topological polar surface area (TPSA) is 21.3 Å². The molecule has 1 aromatic rings. The van der Waals surface area contributed by atoms with E-state index in [9.17, 15) is 4.39 Å². The smallest absolute Gasteiger partial charge is 0.165 e. The van der Waals surface area contributed by atoms with E-state index in [-0.39, 0.29) is 5.82 Å². The first-order valence-corrected chi connectivity index (χ1v) is 5.58. The molecule has 0 heterocycles. The number of hydrogen-bond acceptors (Lipinski definition) is 2. The SMILES string of the molecule is CNCC(C)C(C)c1ccc(OC)c(F)c1. The lowest BCUT2D eigenvalue weighted by Gasteiger charge is -2.20. The van der Waals surface area contributed by atoms with Gasteiger partial charge in [0.2, 0.25) is 0 Å². The van der Waals surface area contributed by atoms with Gasteiger partial charge in [0.05, 0.1) is 7.11 Å². The summed E-state index contributed by atoms with van der Waals surface area (Å²) in [5.74, 6) is 0.811. The van der Waals surface area contributed by atoms with E-state index in [0.717, 1.165) is 12.1 Å². The predicted octanol–water partition coefficient (Wildman–Crippen LogP) is 2.79. The van der Waals surface area contributed by atoms with Gasteiger partial charge in [-0.15, -0.1) is 0 Å². The van der Waals surface area contributed by atoms with Crippen LogP contribution in [0.1, 0.15) is 25.3 Å². The summed E-state index contributed by atoms with van der Waals surface area (Å²) in [6.45, 7) is 5.20. The average molecular weight is 225 g/mol. The van der Waals surface area contributed by atoms with Gasteiger partial charge in [-0.2, -0.15) is 0 Å². The van der Waals surface area contributed by atoms with E-state index in [1.54, 1.807) is 12.1 Å². The number of methoxy groups -OCH3 is 1. The van der Waals surface area contributed by atoms with Gasteiger partial charge >= 0.3 is 0 Å². The second kappa shape index (κ2) is 5.85. The molecule has 0 bridgehead atoms. The van der Waals surface area contributed by atoms with Gasteiger partial charge in [0.1, 0.15) is 0 Å². The number of halogens is 1. The highest BCUT2D eigenvalue weighted by molar-refractivity contribution is 5.31. The molecule has 16 heavy (non-hydrogen) atoms. The molecule has 1 aromatic carbocycles. The van der Waals surface area contributed by atoms with Crippen LogP contribution in [0.3, 0.4) is 0 Å². The van der Waals surface area contributed by atoms with Crippen molar-refractivity contribution in [1.82, 2.24) is 5.32 Å². The van der Waals surface area contributed by atoms with Gasteiger partial charge in [-0.05, 0) is 43.1 Å². The minimum atomic E-state index is -0.288. The number of hydrogen-bond donors (Lipinski definition) is 1. The maximum Gasteiger partial charge on any atom is 0.165 e. The highest BCUT2D eigenvalue weighted by Gasteiger charge is 2.15. The molecule has 2 atom stereocenters. The van der Waals surface area contributed by atoms with Crippen LogP contribution in [0.15, 0.2) is 18.2 Å². The largest absolute Gasteiger partial charge is 0.494 e. The predicted molar refractivity (Wildman–Crippen MR) is 64.5 cm³/mol. The van der Waals surface area contributed by atoms with E-state index >= 15 is 0 Å². The third-order valence-corrected chi connectivity index (χ3v) is 3.08. The Balaban J connectivity index is 2.84. The number of nitrogens with one attached hydrogen (secondary N) is 1. The van der Waals surface area contributed by atoms with E-state index in [2.05, 4.69) is 19.2 Å². The highest BCUT2D eigenvalue weighted by atomic mass is 19.1. The molecule has 0 spiro atoms. The fourth-order valence-electron chi connectivity index (χ4n) is 1.79. The van der Waals surface area contributed by atoms with Crippen molar-refractivity contribution >= 4 is 0 Å². The summed E-state index contributed by atoms with van der Waals surface area (Å²) >= 11 is 0. The van der Waals surface area contributed by atoms with E-state index in [1.807, 2.05) is 13.1 Å². The van der Waals surface area contributed by atoms with E-state index < -0.39 is 0 Å². The molecule has 0 fully saturated rings. The zero-order valence-electron chi connectivity index (χ0n) is 10.4. The summed E-state index contributed by atoms with van der Waals surface area (Å²) in [5, 5.41) is 3.14. The minimum absolute atomic E-state index is 0.288. The van der Waals surface area contributed by atoms with Gasteiger partial charge < -0.3 is 10.1 Å². The van der Waals surface area contributed by atoms with Crippen LogP contribution < -0.4 is 10.1 Å². The van der Waals surface area contributed by atoms with Crippen molar-refractivity contribution in [3.63, 3.8) is 0 Å². The van der Waals surface area contributed by atoms with Crippen LogP contribution in [0.5, 0.6) is 5.75 Å². The van der Waals surface area contributed by atoms with Crippen LogP contribution in [0, 0.1) is 11.7 Å². The Morgan fingerprint density at radius 2 is 2.06 bits per heavy atom. The first-order chi connectivity index (χ1) is 7.60. The van der Waals surface area contributed by atoms with Crippen LogP contribution in [0.2, 0.25) is 0 Å². The summed E-state index contributed by atoms with van der Waals surface area (Å²) in [6, 6.07) is 5.18. The number of benzene rings is 1. The normalized spacial score (nSPS) is 14.6. The molecular weight excluding hydrogens is 205 g/mol. The maximum absolute atomic E-state index is 13.5. The minimum Gasteiger partial charge on any atom is -0.494 e. The molecular formula is C13H20FNO. The quantitative estimate of drug-likeness (QED) is 0.832. The third-order valence-electron chi connectivity index (χ3n) is 3.08. The van der Waals surface area contributed by atoms with Crippen LogP contribution in [-0.2, 0) is 0 Å². The number of ether oxygens (including phenoxy) is 1. The molecule has 1 N–H and O–H groups in total. The van der Waals surface area contributed by atoms with Crippen LogP contribution in [0.25, 0.3) is 0 Å². The Labute approximate surface area is 96.8 Å². The summed E-state index contributed by atoms with van der Waals surface area (Å²) in [7, 11) is 3.41. The summed E-state index contributed by atoms with van der Waals surface area (Å²) < 4.78 is 18.4. The fraction of sp³-hybridized carbons (Fsp3) is 0.538. The Morgan fingerprint density at radius 3 is 2.56 bits per heavy atom. The first-order valence-electron chi connectivity index (χ1n) is 5.58. The lowest BCUT2D eigenvalue weighted by Crippen LogP contribution is -2.20. The third kappa shape index (κ3) is 2.95. The van der Waals surface area contributed by atoms with Crippen molar-refractivity contribution < 1.29 is 9.13 Å². The molecule has 90 valence electrons. The van der Waals surface area contributed by atoms with Gasteiger partial charge in [-0.3, -0.25) is 0 Å². The average Bonchev–Trinajstić information content (AvgIpc) is 2.28. The van der Waals surface area contributed by atoms with Crippen molar-refractivity contribution in [3.8, 4) is 5.75 Å². The molecule has 0 saturated carbocycles. The molecule has 0 aliphatic carbocycles. The van der Waals surface area contributed by atoms with Gasteiger partial charge in [0.15, 0.2) is 11.6 Å². The number of rotatable bonds is 5. The van der Waals surface area contributed by atoms with Crippen molar-refractivity contribution in [2.45, 2.75) is 19.8 Å². The van der Waals surface area contributed by atoms with Crippen molar-refractivity contribution in [2.24, 2.45) is 5.92 Å². The second-order valence-electron chi connectivity index (χ2n) is 4.22. The van der Waals surface area contributed by atoms with Crippen LogP contribution in [0.4, 0.5) is 4.39 Å². The van der Waals surface area contributed by atoms with Gasteiger partial charge in [-0.25, -0.2) is 4.39 Å². The molecule has 1 rings (SSSR count). The molecule has 0 radical (unpaired) electrons. The maximum atomic E-state index is 13.5. The molecule has 0 aliphatic rings. The zero-order valence-corrected chi connectivity index (χ0v) is 10.4. The molecule has 2 nitrogen and oxygen atoms in total. The van der Waals surface area contributed by atoms with Crippen molar-refractivity contribution in [1.29, 1.82) is 0 Å². The monoisotopic (exact) mass is 225 g/mol. The lowest BCUT2D eigenvalue weighted by molar-refractivity contribution is 0.384.